The maximum Gasteiger partial charge on any atom is 0.333 e. The number of fused-ring (bicyclic) bond motifs is 1. The van der Waals surface area contributed by atoms with E-state index in [9.17, 15) is 19.4 Å². The summed E-state index contributed by atoms with van der Waals surface area (Å²) in [4.78, 5) is 20.5. The van der Waals surface area contributed by atoms with E-state index in [-0.39, 0.29) is 30.1 Å². The Bertz CT molecular complexity index is 888. The van der Waals surface area contributed by atoms with E-state index in [1.165, 1.54) is 10.8 Å². The number of halogens is 1. The van der Waals surface area contributed by atoms with Crippen molar-refractivity contribution in [3.63, 3.8) is 0 Å². The van der Waals surface area contributed by atoms with Crippen molar-refractivity contribution in [2.45, 2.75) is 50.6 Å². The lowest BCUT2D eigenvalue weighted by molar-refractivity contribution is -0.0799. The molecule has 1 unspecified atom stereocenters. The molecule has 9 nitrogen and oxygen atoms in total. The van der Waals surface area contributed by atoms with Gasteiger partial charge in [0.1, 0.15) is 17.7 Å². The smallest absolute Gasteiger partial charge is 0.333 e. The minimum Gasteiger partial charge on any atom is -0.390 e. The van der Waals surface area contributed by atoms with Gasteiger partial charge in [-0.25, -0.2) is 18.7 Å². The van der Waals surface area contributed by atoms with Crippen molar-refractivity contribution in [1.29, 1.82) is 0 Å². The molecule has 0 amide bonds. The van der Waals surface area contributed by atoms with Crippen molar-refractivity contribution in [1.82, 2.24) is 19.1 Å². The van der Waals surface area contributed by atoms with Crippen LogP contribution in [0.15, 0.2) is 11.0 Å². The monoisotopic (exact) mass is 351 g/mol. The number of nitrogens with two attached hydrogens (primary N) is 1. The minimum absolute atomic E-state index is 0.0654. The second-order valence-corrected chi connectivity index (χ2v) is 5.78. The molecule has 5 atom stereocenters. The molecule has 0 aromatic carbocycles. The van der Waals surface area contributed by atoms with Gasteiger partial charge in [0.15, 0.2) is 18.0 Å². The molecule has 3 heterocycles. The number of hydrogen-bond acceptors (Lipinski definition) is 7. The molecule has 1 aliphatic rings. The molecule has 3 rings (SSSR count). The molecule has 0 bridgehead atoms. The number of hydrogen-bond donors (Lipinski definition) is 3. The average molecular weight is 351 g/mol. The van der Waals surface area contributed by atoms with Crippen molar-refractivity contribution in [3.8, 4) is 12.3 Å². The first kappa shape index (κ1) is 17.3. The molecular formula is C15H18FN5O4. The van der Waals surface area contributed by atoms with Gasteiger partial charge in [0.25, 0.3) is 0 Å². The van der Waals surface area contributed by atoms with Gasteiger partial charge in [-0.3, -0.25) is 4.57 Å². The highest BCUT2D eigenvalue weighted by Gasteiger charge is 2.49. The maximum absolute atomic E-state index is 14.4. The van der Waals surface area contributed by atoms with Gasteiger partial charge in [-0.05, 0) is 6.42 Å². The van der Waals surface area contributed by atoms with Crippen LogP contribution >= 0.6 is 0 Å². The van der Waals surface area contributed by atoms with Crippen molar-refractivity contribution >= 4 is 17.1 Å². The van der Waals surface area contributed by atoms with E-state index in [0.29, 0.717) is 0 Å². The lowest BCUT2D eigenvalue weighted by Crippen LogP contribution is -2.36. The topological polar surface area (TPSA) is 128 Å². The summed E-state index contributed by atoms with van der Waals surface area (Å²) >= 11 is 0. The quantitative estimate of drug-likeness (QED) is 0.614. The van der Waals surface area contributed by atoms with Crippen LogP contribution in [0.2, 0.25) is 0 Å². The molecule has 4 N–H and O–H groups in total. The third-order valence-electron chi connectivity index (χ3n) is 4.25. The number of nitrogens with zero attached hydrogens (tertiary/aromatic N) is 4. The molecule has 25 heavy (non-hydrogen) atoms. The van der Waals surface area contributed by atoms with Crippen molar-refractivity contribution < 1.29 is 19.3 Å². The SMILES string of the molecule is C#CCn1c(=O)n([C@@H]2O[C@H](C(O)CC)[C@H](F)[C@H]2O)c2nc(N)ncc21. The van der Waals surface area contributed by atoms with E-state index in [0.717, 1.165) is 4.57 Å². The second-order valence-electron chi connectivity index (χ2n) is 5.78. The predicted molar refractivity (Wildman–Crippen MR) is 86.1 cm³/mol. The fourth-order valence-corrected chi connectivity index (χ4v) is 2.96. The highest BCUT2D eigenvalue weighted by Crippen LogP contribution is 2.34. The molecule has 1 fully saturated rings. The fraction of sp³-hybridized carbons (Fsp3) is 0.533. The van der Waals surface area contributed by atoms with Crippen LogP contribution in [0.4, 0.5) is 10.3 Å². The summed E-state index contributed by atoms with van der Waals surface area (Å²) in [6.07, 6.45) is -0.447. The van der Waals surface area contributed by atoms with Gasteiger partial charge >= 0.3 is 5.69 Å². The molecule has 2 aromatic rings. The number of aliphatic hydroxyl groups is 2. The largest absolute Gasteiger partial charge is 0.390 e. The van der Waals surface area contributed by atoms with E-state index in [2.05, 4.69) is 15.9 Å². The zero-order chi connectivity index (χ0) is 18.3. The lowest BCUT2D eigenvalue weighted by atomic mass is 10.1. The molecular weight excluding hydrogens is 333 g/mol. The van der Waals surface area contributed by atoms with Crippen LogP contribution in [0.1, 0.15) is 19.6 Å². The standard InChI is InChI=1S/C15H18FN5O4/c1-3-5-20-7-6-18-14(17)19-12(7)21(15(20)24)13-10(23)9(16)11(25-13)8(22)4-2/h1,6,8-11,13,22-23H,4-5H2,2H3,(H2,17,18,19)/t8?,9-,10-,11-,13-/m1/s1. The summed E-state index contributed by atoms with van der Waals surface area (Å²) in [5.74, 6) is 2.23. The van der Waals surface area contributed by atoms with Gasteiger partial charge < -0.3 is 20.7 Å². The number of aliphatic hydroxyl groups excluding tert-OH is 2. The van der Waals surface area contributed by atoms with E-state index in [1.54, 1.807) is 6.92 Å². The van der Waals surface area contributed by atoms with Gasteiger partial charge in [-0.15, -0.1) is 6.42 Å². The van der Waals surface area contributed by atoms with Crippen molar-refractivity contribution in [2.75, 3.05) is 5.73 Å². The van der Waals surface area contributed by atoms with Gasteiger partial charge in [0.2, 0.25) is 5.95 Å². The summed E-state index contributed by atoms with van der Waals surface area (Å²) in [5.41, 5.74) is 5.28. The molecule has 0 radical (unpaired) electrons. The summed E-state index contributed by atoms with van der Waals surface area (Å²) in [7, 11) is 0. The van der Waals surface area contributed by atoms with Gasteiger partial charge in [-0.2, -0.15) is 4.98 Å². The van der Waals surface area contributed by atoms with E-state index < -0.39 is 36.4 Å². The van der Waals surface area contributed by atoms with Crippen LogP contribution in [-0.2, 0) is 11.3 Å². The van der Waals surface area contributed by atoms with E-state index in [4.69, 9.17) is 16.9 Å². The Kier molecular flexibility index (Phi) is 4.47. The first-order valence-corrected chi connectivity index (χ1v) is 7.73. The summed E-state index contributed by atoms with van der Waals surface area (Å²) in [6.45, 7) is 1.58. The van der Waals surface area contributed by atoms with E-state index >= 15 is 0 Å². The third kappa shape index (κ3) is 2.66. The predicted octanol–water partition coefficient (Wildman–Crippen LogP) is -0.824. The summed E-state index contributed by atoms with van der Waals surface area (Å²) in [5, 5.41) is 20.1. The molecule has 134 valence electrons. The average Bonchev–Trinajstić information content (AvgIpc) is 3.02. The number of nitrogen functional groups attached to an aromatic ring is 1. The molecule has 10 heteroatoms. The Morgan fingerprint density at radius 3 is 2.96 bits per heavy atom. The number of imidazole rings is 1. The van der Waals surface area contributed by atoms with Crippen LogP contribution in [0.3, 0.4) is 0 Å². The van der Waals surface area contributed by atoms with Crippen LogP contribution in [0.5, 0.6) is 0 Å². The Morgan fingerprint density at radius 1 is 1.60 bits per heavy atom. The van der Waals surface area contributed by atoms with Crippen LogP contribution < -0.4 is 11.4 Å². The Labute approximate surface area is 141 Å². The van der Waals surface area contributed by atoms with Gasteiger partial charge in [0.05, 0.1) is 18.8 Å². The number of rotatable bonds is 4. The third-order valence-corrected chi connectivity index (χ3v) is 4.25. The summed E-state index contributed by atoms with van der Waals surface area (Å²) < 4.78 is 22.0. The molecule has 2 aromatic heterocycles. The first-order valence-electron chi connectivity index (χ1n) is 7.73. The van der Waals surface area contributed by atoms with E-state index in [1.807, 2.05) is 0 Å². The minimum atomic E-state index is -1.86. The Morgan fingerprint density at radius 2 is 2.32 bits per heavy atom. The lowest BCUT2D eigenvalue weighted by Gasteiger charge is -2.18. The van der Waals surface area contributed by atoms with Crippen molar-refractivity contribution in [2.24, 2.45) is 0 Å². The zero-order valence-electron chi connectivity index (χ0n) is 13.4. The number of alkyl halides is 1. The molecule has 1 aliphatic heterocycles. The summed E-state index contributed by atoms with van der Waals surface area (Å²) in [6, 6.07) is 0. The fourth-order valence-electron chi connectivity index (χ4n) is 2.96. The molecule has 1 saturated heterocycles. The molecule has 0 aliphatic carbocycles. The van der Waals surface area contributed by atoms with Crippen molar-refractivity contribution in [3.05, 3.63) is 16.7 Å². The Hall–Kier alpha value is -2.48. The number of aromatic nitrogens is 4. The highest BCUT2D eigenvalue weighted by molar-refractivity contribution is 5.72. The van der Waals surface area contributed by atoms with Gasteiger partial charge in [0, 0.05) is 0 Å². The Balaban J connectivity index is 2.16. The van der Waals surface area contributed by atoms with Crippen LogP contribution in [0, 0.1) is 12.3 Å². The van der Waals surface area contributed by atoms with Gasteiger partial charge in [-0.1, -0.05) is 12.8 Å². The molecule has 0 saturated carbocycles. The normalized spacial score (nSPS) is 27.5. The number of ether oxygens (including phenoxy) is 1. The number of terminal acetylenes is 1. The highest BCUT2D eigenvalue weighted by atomic mass is 19.1. The maximum atomic E-state index is 14.4. The van der Waals surface area contributed by atoms with Crippen LogP contribution in [0.25, 0.3) is 11.2 Å². The number of anilines is 1. The second kappa shape index (κ2) is 6.44. The first-order chi connectivity index (χ1) is 11.9. The van der Waals surface area contributed by atoms with Crippen LogP contribution in [-0.4, -0.2) is 53.8 Å². The molecule has 0 spiro atoms. The zero-order valence-corrected chi connectivity index (χ0v) is 13.4.